The molecule has 9 N–H and O–H groups in total. The van der Waals surface area contributed by atoms with Gasteiger partial charge in [0.1, 0.15) is 29.9 Å². The first-order valence-electron chi connectivity index (χ1n) is 11.7. The smallest absolute Gasteiger partial charge is 0.326 e. The van der Waals surface area contributed by atoms with Gasteiger partial charge in [-0.1, -0.05) is 12.1 Å². The standard InChI is InChI=1S/C23H31N5O10/c24-14(11-29)20(34)27-15(8-12-3-5-13(30)6-4-12)22(36)28-7-1-2-17(28)21(35)25-10-18(31)26-16(23(37)38)9-19(32)33/h3-6,14-17,29-30H,1-2,7-11,24H2,(H,25,35)(H,26,31)(H,27,34)(H,32,33)(H,37,38)/t14-,15-,16-,17-/m0/s1. The average Bonchev–Trinajstić information content (AvgIpc) is 3.36. The molecule has 0 radical (unpaired) electrons. The maximum atomic E-state index is 13.4. The highest BCUT2D eigenvalue weighted by atomic mass is 16.4. The van der Waals surface area contributed by atoms with E-state index in [1.165, 1.54) is 17.0 Å². The van der Waals surface area contributed by atoms with Crippen molar-refractivity contribution >= 4 is 35.6 Å². The van der Waals surface area contributed by atoms with Gasteiger partial charge in [-0.2, -0.15) is 0 Å². The second kappa shape index (κ2) is 13.9. The number of nitrogens with zero attached hydrogens (tertiary/aromatic N) is 1. The molecular formula is C23H31N5O10. The molecule has 1 aliphatic heterocycles. The van der Waals surface area contributed by atoms with E-state index in [1.54, 1.807) is 12.1 Å². The van der Waals surface area contributed by atoms with Crippen molar-refractivity contribution in [1.29, 1.82) is 0 Å². The first kappa shape index (κ1) is 30.0. The molecule has 0 spiro atoms. The highest BCUT2D eigenvalue weighted by molar-refractivity contribution is 5.95. The predicted molar refractivity (Wildman–Crippen MR) is 128 cm³/mol. The molecule has 0 unspecified atom stereocenters. The molecule has 1 aromatic rings. The Morgan fingerprint density at radius 2 is 1.68 bits per heavy atom. The summed E-state index contributed by atoms with van der Waals surface area (Å²) in [6, 6.07) is 0.795. The van der Waals surface area contributed by atoms with Crippen LogP contribution >= 0.6 is 0 Å². The summed E-state index contributed by atoms with van der Waals surface area (Å²) in [5, 5.41) is 43.3. The van der Waals surface area contributed by atoms with Crippen molar-refractivity contribution in [3.05, 3.63) is 29.8 Å². The van der Waals surface area contributed by atoms with E-state index >= 15 is 0 Å². The molecule has 0 saturated carbocycles. The number of phenolic OH excluding ortho intramolecular Hbond substituents is 1. The SMILES string of the molecule is N[C@@H](CO)C(=O)N[C@@H](Cc1ccc(O)cc1)C(=O)N1CCC[C@H]1C(=O)NCC(=O)N[C@@H](CC(=O)O)C(=O)O. The number of rotatable bonds is 13. The molecule has 1 aromatic carbocycles. The number of hydrogen-bond donors (Lipinski definition) is 8. The Bertz CT molecular complexity index is 1050. The minimum Gasteiger partial charge on any atom is -0.508 e. The molecule has 1 heterocycles. The molecule has 15 heteroatoms. The van der Waals surface area contributed by atoms with Crippen LogP contribution in [0, 0.1) is 0 Å². The van der Waals surface area contributed by atoms with Crippen molar-refractivity contribution < 1.29 is 49.2 Å². The maximum absolute atomic E-state index is 13.4. The van der Waals surface area contributed by atoms with Gasteiger partial charge < -0.3 is 47.0 Å². The minimum atomic E-state index is -1.68. The van der Waals surface area contributed by atoms with E-state index in [2.05, 4.69) is 10.6 Å². The molecule has 38 heavy (non-hydrogen) atoms. The third kappa shape index (κ3) is 8.70. The molecule has 15 nitrogen and oxygen atoms in total. The van der Waals surface area contributed by atoms with E-state index < -0.39 is 79.3 Å². The summed E-state index contributed by atoms with van der Waals surface area (Å²) >= 11 is 0. The van der Waals surface area contributed by atoms with E-state index in [0.717, 1.165) is 0 Å². The number of hydrogen-bond acceptors (Lipinski definition) is 9. The fraction of sp³-hybridized carbons (Fsp3) is 0.478. The molecule has 4 atom stereocenters. The van der Waals surface area contributed by atoms with Crippen LogP contribution < -0.4 is 21.7 Å². The lowest BCUT2D eigenvalue weighted by Gasteiger charge is -2.29. The van der Waals surface area contributed by atoms with Gasteiger partial charge >= 0.3 is 11.9 Å². The van der Waals surface area contributed by atoms with Crippen LogP contribution in [0.2, 0.25) is 0 Å². The number of carbonyl (C=O) groups is 6. The van der Waals surface area contributed by atoms with Crippen molar-refractivity contribution in [2.75, 3.05) is 19.7 Å². The van der Waals surface area contributed by atoms with E-state index in [0.29, 0.717) is 12.0 Å². The summed E-state index contributed by atoms with van der Waals surface area (Å²) in [4.78, 5) is 73.7. The highest BCUT2D eigenvalue weighted by Gasteiger charge is 2.38. The van der Waals surface area contributed by atoms with Crippen molar-refractivity contribution in [1.82, 2.24) is 20.9 Å². The summed E-state index contributed by atoms with van der Waals surface area (Å²) in [5.74, 6) is -6.00. The number of amides is 4. The number of carboxylic acid groups (broad SMARTS) is 2. The molecule has 1 fully saturated rings. The normalized spacial score (nSPS) is 17.1. The maximum Gasteiger partial charge on any atom is 0.326 e. The first-order valence-corrected chi connectivity index (χ1v) is 11.7. The number of aromatic hydroxyl groups is 1. The minimum absolute atomic E-state index is 0.000848. The Balaban J connectivity index is 2.09. The van der Waals surface area contributed by atoms with Crippen LogP contribution in [0.15, 0.2) is 24.3 Å². The largest absolute Gasteiger partial charge is 0.508 e. The zero-order valence-corrected chi connectivity index (χ0v) is 20.3. The first-order chi connectivity index (χ1) is 17.9. The fourth-order valence-corrected chi connectivity index (χ4v) is 3.84. The van der Waals surface area contributed by atoms with Gasteiger partial charge in [-0.25, -0.2) is 4.79 Å². The second-order valence-electron chi connectivity index (χ2n) is 8.68. The van der Waals surface area contributed by atoms with Crippen LogP contribution in [-0.2, 0) is 35.2 Å². The second-order valence-corrected chi connectivity index (χ2v) is 8.68. The monoisotopic (exact) mass is 537 g/mol. The number of aliphatic hydroxyl groups excluding tert-OH is 1. The lowest BCUT2D eigenvalue weighted by molar-refractivity contribution is -0.147. The van der Waals surface area contributed by atoms with Gasteiger partial charge in [0, 0.05) is 13.0 Å². The van der Waals surface area contributed by atoms with Crippen molar-refractivity contribution in [2.45, 2.75) is 49.9 Å². The van der Waals surface area contributed by atoms with Gasteiger partial charge in [0.05, 0.1) is 19.6 Å². The molecule has 1 aliphatic rings. The zero-order valence-electron chi connectivity index (χ0n) is 20.3. The summed E-state index contributed by atoms with van der Waals surface area (Å²) in [5.41, 5.74) is 6.15. The molecule has 2 rings (SSSR count). The number of benzene rings is 1. The molecular weight excluding hydrogens is 506 g/mol. The lowest BCUT2D eigenvalue weighted by Crippen LogP contribution is -2.57. The molecule has 0 aliphatic carbocycles. The number of nitrogens with one attached hydrogen (secondary N) is 3. The van der Waals surface area contributed by atoms with E-state index in [-0.39, 0.29) is 25.1 Å². The number of nitrogens with two attached hydrogens (primary N) is 1. The van der Waals surface area contributed by atoms with E-state index in [9.17, 15) is 39.0 Å². The summed E-state index contributed by atoms with van der Waals surface area (Å²) in [7, 11) is 0. The third-order valence-corrected chi connectivity index (χ3v) is 5.80. The van der Waals surface area contributed by atoms with Crippen LogP contribution in [0.25, 0.3) is 0 Å². The Labute approximate surface area is 217 Å². The summed E-state index contributed by atoms with van der Waals surface area (Å²) < 4.78 is 0. The number of carboxylic acids is 2. The van der Waals surface area contributed by atoms with Crippen LogP contribution in [0.5, 0.6) is 5.75 Å². The number of aliphatic hydroxyl groups is 1. The third-order valence-electron chi connectivity index (χ3n) is 5.80. The van der Waals surface area contributed by atoms with Gasteiger partial charge in [-0.05, 0) is 30.5 Å². The Hall–Kier alpha value is -4.24. The number of phenols is 1. The van der Waals surface area contributed by atoms with Gasteiger partial charge in [-0.15, -0.1) is 0 Å². The number of carbonyl (C=O) groups excluding carboxylic acids is 4. The van der Waals surface area contributed by atoms with E-state index in [1.807, 2.05) is 5.32 Å². The van der Waals surface area contributed by atoms with Gasteiger partial charge in [0.15, 0.2) is 0 Å². The Kier molecular flexibility index (Phi) is 11.0. The predicted octanol–water partition coefficient (Wildman–Crippen LogP) is -3.11. The van der Waals surface area contributed by atoms with E-state index in [4.69, 9.17) is 15.9 Å². The van der Waals surface area contributed by atoms with Gasteiger partial charge in [0.25, 0.3) is 0 Å². The average molecular weight is 538 g/mol. The topological polar surface area (TPSA) is 249 Å². The molecule has 1 saturated heterocycles. The van der Waals surface area contributed by atoms with Crippen molar-refractivity contribution in [2.24, 2.45) is 5.73 Å². The lowest BCUT2D eigenvalue weighted by atomic mass is 10.0. The fourth-order valence-electron chi connectivity index (χ4n) is 3.84. The molecule has 4 amide bonds. The highest BCUT2D eigenvalue weighted by Crippen LogP contribution is 2.20. The Morgan fingerprint density at radius 1 is 1.03 bits per heavy atom. The molecule has 0 bridgehead atoms. The van der Waals surface area contributed by atoms with Gasteiger partial charge in [-0.3, -0.25) is 24.0 Å². The summed E-state index contributed by atoms with van der Waals surface area (Å²) in [6.07, 6.45) is -0.151. The van der Waals surface area contributed by atoms with Crippen LogP contribution in [0.1, 0.15) is 24.8 Å². The van der Waals surface area contributed by atoms with Crippen LogP contribution in [-0.4, -0.2) is 105 Å². The van der Waals surface area contributed by atoms with Crippen molar-refractivity contribution in [3.63, 3.8) is 0 Å². The van der Waals surface area contributed by atoms with Gasteiger partial charge in [0.2, 0.25) is 23.6 Å². The molecule has 208 valence electrons. The Morgan fingerprint density at radius 3 is 2.26 bits per heavy atom. The number of likely N-dealkylation sites (tertiary alicyclic amines) is 1. The molecule has 0 aromatic heterocycles. The van der Waals surface area contributed by atoms with Crippen LogP contribution in [0.3, 0.4) is 0 Å². The zero-order chi connectivity index (χ0) is 28.4. The number of aliphatic carboxylic acids is 2. The van der Waals surface area contributed by atoms with Crippen LogP contribution in [0.4, 0.5) is 0 Å². The van der Waals surface area contributed by atoms with Crippen molar-refractivity contribution in [3.8, 4) is 5.75 Å². The quantitative estimate of drug-likeness (QED) is 0.125. The summed E-state index contributed by atoms with van der Waals surface area (Å²) in [6.45, 7) is -1.13.